The Morgan fingerprint density at radius 2 is 1.79 bits per heavy atom. The number of imidazole rings is 1. The van der Waals surface area contributed by atoms with Crippen molar-refractivity contribution in [3.05, 3.63) is 66.4 Å². The Balaban J connectivity index is 1.11. The van der Waals surface area contributed by atoms with Crippen LogP contribution < -0.4 is 15.4 Å². The van der Waals surface area contributed by atoms with Crippen LogP contribution >= 0.6 is 0 Å². The molecule has 0 radical (unpaired) electrons. The van der Waals surface area contributed by atoms with Crippen LogP contribution in [0.4, 0.5) is 11.5 Å². The molecule has 4 bridgehead atoms. The molecule has 4 aliphatic rings. The van der Waals surface area contributed by atoms with Crippen molar-refractivity contribution in [1.29, 1.82) is 0 Å². The SMILES string of the molecule is COc1cc(NC(=O)C23CC4CC(CC(OC(C)=O)(C4)C2)C3)ccc1-c1nc2ccc(C(=O)Nc3ccccn3)cc2[nH]1. The molecular formula is C33H33N5O5. The van der Waals surface area contributed by atoms with E-state index in [1.54, 1.807) is 55.8 Å². The van der Waals surface area contributed by atoms with Gasteiger partial charge in [0.05, 0.1) is 29.1 Å². The Morgan fingerprint density at radius 3 is 2.51 bits per heavy atom. The second kappa shape index (κ2) is 10.2. The van der Waals surface area contributed by atoms with Crippen LogP contribution in [0, 0.1) is 17.3 Å². The van der Waals surface area contributed by atoms with Gasteiger partial charge in [-0.3, -0.25) is 14.4 Å². The van der Waals surface area contributed by atoms with E-state index >= 15 is 0 Å². The number of fused-ring (bicyclic) bond motifs is 1. The molecule has 0 saturated heterocycles. The molecule has 2 amide bonds. The largest absolute Gasteiger partial charge is 0.496 e. The average molecular weight is 580 g/mol. The highest BCUT2D eigenvalue weighted by Crippen LogP contribution is 2.63. The molecule has 4 aromatic rings. The molecule has 10 heteroatoms. The van der Waals surface area contributed by atoms with Gasteiger partial charge in [-0.1, -0.05) is 6.07 Å². The lowest BCUT2D eigenvalue weighted by Gasteiger charge is -2.60. The highest BCUT2D eigenvalue weighted by Gasteiger charge is 2.62. The third-order valence-electron chi connectivity index (χ3n) is 9.21. The van der Waals surface area contributed by atoms with E-state index in [2.05, 4.69) is 20.6 Å². The van der Waals surface area contributed by atoms with Crippen LogP contribution in [-0.2, 0) is 14.3 Å². The van der Waals surface area contributed by atoms with Crippen LogP contribution in [-0.4, -0.2) is 45.4 Å². The Hall–Kier alpha value is -4.73. The molecule has 10 nitrogen and oxygen atoms in total. The zero-order chi connectivity index (χ0) is 29.8. The van der Waals surface area contributed by atoms with Crippen LogP contribution in [0.15, 0.2) is 60.8 Å². The summed E-state index contributed by atoms with van der Waals surface area (Å²) >= 11 is 0. The predicted octanol–water partition coefficient (Wildman–Crippen LogP) is 5.73. The van der Waals surface area contributed by atoms with E-state index in [-0.39, 0.29) is 17.8 Å². The molecule has 4 saturated carbocycles. The first kappa shape index (κ1) is 27.1. The van der Waals surface area contributed by atoms with Crippen molar-refractivity contribution in [3.8, 4) is 17.1 Å². The summed E-state index contributed by atoms with van der Waals surface area (Å²) in [5, 5.41) is 5.94. The molecule has 4 aliphatic carbocycles. The van der Waals surface area contributed by atoms with E-state index in [1.807, 2.05) is 12.1 Å². The standard InChI is InChI=1S/C33H33N5O5/c1-19(39)43-33-16-20-11-21(17-33)15-32(14-20,18-33)31(41)35-23-7-8-24(27(13-23)42-2)29-36-25-9-6-22(12-26(25)37-29)30(40)38-28-5-3-4-10-34-28/h3-10,12-13,20-21H,11,14-18H2,1-2H3,(H,35,41)(H,36,37)(H,34,38,40). The van der Waals surface area contributed by atoms with Crippen molar-refractivity contribution in [1.82, 2.24) is 15.0 Å². The normalized spacial score (nSPS) is 25.3. The number of methoxy groups -OCH3 is 1. The van der Waals surface area contributed by atoms with Crippen molar-refractivity contribution in [2.75, 3.05) is 17.7 Å². The molecule has 2 aromatic carbocycles. The number of hydrogen-bond donors (Lipinski definition) is 3. The zero-order valence-corrected chi connectivity index (χ0v) is 24.1. The first-order valence-electron chi connectivity index (χ1n) is 14.6. The van der Waals surface area contributed by atoms with Gasteiger partial charge >= 0.3 is 5.97 Å². The maximum absolute atomic E-state index is 13.8. The van der Waals surface area contributed by atoms with Gasteiger partial charge in [0, 0.05) is 36.9 Å². The fraction of sp³-hybridized carbons (Fsp3) is 0.364. The van der Waals surface area contributed by atoms with Gasteiger partial charge in [0.15, 0.2) is 0 Å². The summed E-state index contributed by atoms with van der Waals surface area (Å²) in [5.74, 6) is 1.84. The summed E-state index contributed by atoms with van der Waals surface area (Å²) in [6.45, 7) is 1.46. The monoisotopic (exact) mass is 579 g/mol. The van der Waals surface area contributed by atoms with Gasteiger partial charge < -0.3 is 25.1 Å². The lowest BCUT2D eigenvalue weighted by Crippen LogP contribution is -2.60. The smallest absolute Gasteiger partial charge is 0.303 e. The quantitative estimate of drug-likeness (QED) is 0.238. The topological polar surface area (TPSA) is 135 Å². The molecule has 3 N–H and O–H groups in total. The second-order valence-corrected chi connectivity index (χ2v) is 12.4. The van der Waals surface area contributed by atoms with E-state index in [0.717, 1.165) is 37.7 Å². The molecule has 2 aromatic heterocycles. The maximum Gasteiger partial charge on any atom is 0.303 e. The molecule has 8 rings (SSSR count). The third-order valence-corrected chi connectivity index (χ3v) is 9.21. The van der Waals surface area contributed by atoms with Crippen LogP contribution in [0.2, 0.25) is 0 Å². The number of H-pyrrole nitrogens is 1. The maximum atomic E-state index is 13.8. The minimum atomic E-state index is -0.537. The molecular weight excluding hydrogens is 546 g/mol. The summed E-state index contributed by atoms with van der Waals surface area (Å²) in [4.78, 5) is 50.7. The first-order valence-corrected chi connectivity index (χ1v) is 14.6. The number of hydrogen-bond acceptors (Lipinski definition) is 7. The Labute approximate surface area is 248 Å². The Bertz CT molecular complexity index is 1740. The number of carbonyl (C=O) groups excluding carboxylic acids is 3. The number of aromatic nitrogens is 3. The van der Waals surface area contributed by atoms with Crippen molar-refractivity contribution < 1.29 is 23.9 Å². The van der Waals surface area contributed by atoms with E-state index in [1.165, 1.54) is 6.92 Å². The lowest BCUT2D eigenvalue weighted by atomic mass is 9.47. The molecule has 2 atom stereocenters. The van der Waals surface area contributed by atoms with Gasteiger partial charge in [0.1, 0.15) is 23.0 Å². The summed E-state index contributed by atoms with van der Waals surface area (Å²) in [7, 11) is 1.58. The summed E-state index contributed by atoms with van der Waals surface area (Å²) in [6.07, 6.45) is 6.67. The van der Waals surface area contributed by atoms with Gasteiger partial charge in [-0.25, -0.2) is 9.97 Å². The average Bonchev–Trinajstić information content (AvgIpc) is 3.39. The number of pyridine rings is 1. The second-order valence-electron chi connectivity index (χ2n) is 12.4. The molecule has 43 heavy (non-hydrogen) atoms. The molecule has 0 spiro atoms. The summed E-state index contributed by atoms with van der Waals surface area (Å²) in [5.41, 5.74) is 2.17. The number of nitrogens with one attached hydrogen (secondary N) is 3. The van der Waals surface area contributed by atoms with Crippen molar-refractivity contribution in [2.24, 2.45) is 17.3 Å². The lowest BCUT2D eigenvalue weighted by molar-refractivity contribution is -0.200. The first-order chi connectivity index (χ1) is 20.7. The number of ether oxygens (including phenoxy) is 2. The highest BCUT2D eigenvalue weighted by atomic mass is 16.6. The Morgan fingerprint density at radius 1 is 0.977 bits per heavy atom. The summed E-state index contributed by atoms with van der Waals surface area (Å²) in [6, 6.07) is 16.1. The van der Waals surface area contributed by atoms with Crippen molar-refractivity contribution >= 4 is 40.3 Å². The number of anilines is 2. The minimum Gasteiger partial charge on any atom is -0.496 e. The van der Waals surface area contributed by atoms with E-state index < -0.39 is 11.0 Å². The molecule has 0 aliphatic heterocycles. The van der Waals surface area contributed by atoms with Crippen LogP contribution in [0.3, 0.4) is 0 Å². The Kier molecular flexibility index (Phi) is 6.45. The fourth-order valence-corrected chi connectivity index (χ4v) is 8.00. The number of amides is 2. The van der Waals surface area contributed by atoms with E-state index in [9.17, 15) is 14.4 Å². The molecule has 4 fully saturated rings. The van der Waals surface area contributed by atoms with E-state index in [0.29, 0.717) is 57.9 Å². The molecule has 220 valence electrons. The van der Waals surface area contributed by atoms with Crippen molar-refractivity contribution in [2.45, 2.75) is 51.0 Å². The highest BCUT2D eigenvalue weighted by molar-refractivity contribution is 6.05. The van der Waals surface area contributed by atoms with Crippen molar-refractivity contribution in [3.63, 3.8) is 0 Å². The van der Waals surface area contributed by atoms with Gasteiger partial charge in [0.25, 0.3) is 5.91 Å². The van der Waals surface area contributed by atoms with Crippen LogP contribution in [0.5, 0.6) is 5.75 Å². The number of carbonyl (C=O) groups is 3. The van der Waals surface area contributed by atoms with Gasteiger partial charge in [-0.05, 0) is 86.4 Å². The number of aromatic amines is 1. The zero-order valence-electron chi connectivity index (χ0n) is 24.1. The summed E-state index contributed by atoms with van der Waals surface area (Å²) < 4.78 is 11.6. The number of esters is 1. The number of benzene rings is 2. The minimum absolute atomic E-state index is 0.0202. The molecule has 2 heterocycles. The third kappa shape index (κ3) is 5.00. The number of nitrogens with zero attached hydrogens (tertiary/aromatic N) is 2. The van der Waals surface area contributed by atoms with Crippen LogP contribution in [0.25, 0.3) is 22.4 Å². The fourth-order valence-electron chi connectivity index (χ4n) is 8.00. The predicted molar refractivity (Wildman–Crippen MR) is 161 cm³/mol. The van der Waals surface area contributed by atoms with E-state index in [4.69, 9.17) is 14.5 Å². The van der Waals surface area contributed by atoms with Gasteiger partial charge in [-0.2, -0.15) is 0 Å². The number of rotatable bonds is 7. The molecule has 2 unspecified atom stereocenters. The van der Waals surface area contributed by atoms with Crippen LogP contribution in [0.1, 0.15) is 55.8 Å². The van der Waals surface area contributed by atoms with Gasteiger partial charge in [0.2, 0.25) is 5.91 Å². The van der Waals surface area contributed by atoms with Gasteiger partial charge in [-0.15, -0.1) is 0 Å².